The molecular formula is C36H42F6O6. The summed E-state index contributed by atoms with van der Waals surface area (Å²) in [6.45, 7) is 9.63. The third-order valence-electron chi connectivity index (χ3n) is 8.49. The van der Waals surface area contributed by atoms with Gasteiger partial charge in [0.25, 0.3) is 0 Å². The van der Waals surface area contributed by atoms with E-state index < -0.39 is 53.9 Å². The standard InChI is InChI=1S/C36H42F6O6/c1-6-8-9-10-21-11-14-25(30(17-21)48-36(40,41)42)26-18-23-12-13-24(19-29(23)47-33(26)44)45-27-15-16-28(31(27)35(37,38)39)46-32(43)22(7-2)20-34(3,4)5/h11-14,17-19,22,27-28,31H,6-10,15-16,20H2,1-5H3. The van der Waals surface area contributed by atoms with Crippen molar-refractivity contribution in [1.29, 1.82) is 0 Å². The van der Waals surface area contributed by atoms with Crippen LogP contribution in [0.2, 0.25) is 0 Å². The molecular weight excluding hydrogens is 642 g/mol. The number of ether oxygens (including phenoxy) is 3. The molecule has 12 heteroatoms. The van der Waals surface area contributed by atoms with Crippen molar-refractivity contribution in [3.8, 4) is 22.6 Å². The van der Waals surface area contributed by atoms with Gasteiger partial charge in [-0.15, -0.1) is 13.2 Å². The Morgan fingerprint density at radius 2 is 1.62 bits per heavy atom. The van der Waals surface area contributed by atoms with Crippen LogP contribution in [-0.2, 0) is 16.0 Å². The molecule has 1 fully saturated rings. The molecule has 0 amide bonds. The van der Waals surface area contributed by atoms with Gasteiger partial charge in [0.2, 0.25) is 0 Å². The van der Waals surface area contributed by atoms with Gasteiger partial charge in [0.15, 0.2) is 0 Å². The average molecular weight is 685 g/mol. The Morgan fingerprint density at radius 1 is 0.917 bits per heavy atom. The van der Waals surface area contributed by atoms with Gasteiger partial charge < -0.3 is 18.6 Å². The van der Waals surface area contributed by atoms with E-state index in [-0.39, 0.29) is 40.7 Å². The first-order valence-electron chi connectivity index (χ1n) is 16.3. The Kier molecular flexibility index (Phi) is 11.5. The van der Waals surface area contributed by atoms with Crippen LogP contribution in [0.15, 0.2) is 51.7 Å². The maximum atomic E-state index is 14.3. The Hall–Kier alpha value is -3.70. The number of alkyl halides is 6. The molecule has 2 aromatic carbocycles. The van der Waals surface area contributed by atoms with E-state index >= 15 is 0 Å². The van der Waals surface area contributed by atoms with Crippen molar-refractivity contribution in [1.82, 2.24) is 0 Å². The number of carbonyl (C=O) groups excluding carboxylic acids is 1. The first-order valence-corrected chi connectivity index (χ1v) is 16.3. The summed E-state index contributed by atoms with van der Waals surface area (Å²) in [5.41, 5.74) is -0.886. The van der Waals surface area contributed by atoms with E-state index in [4.69, 9.17) is 13.9 Å². The number of carbonyl (C=O) groups is 1. The lowest BCUT2D eigenvalue weighted by molar-refractivity contribution is -0.274. The zero-order valence-corrected chi connectivity index (χ0v) is 27.7. The van der Waals surface area contributed by atoms with Crippen molar-refractivity contribution in [3.63, 3.8) is 0 Å². The van der Waals surface area contributed by atoms with Gasteiger partial charge in [-0.25, -0.2) is 4.79 Å². The second-order valence-electron chi connectivity index (χ2n) is 13.6. The summed E-state index contributed by atoms with van der Waals surface area (Å²) in [5, 5.41) is 0.303. The zero-order valence-electron chi connectivity index (χ0n) is 27.7. The monoisotopic (exact) mass is 684 g/mol. The first kappa shape index (κ1) is 37.1. The summed E-state index contributed by atoms with van der Waals surface area (Å²) in [6, 6.07) is 9.69. The van der Waals surface area contributed by atoms with Crippen LogP contribution >= 0.6 is 0 Å². The molecule has 48 heavy (non-hydrogen) atoms. The summed E-state index contributed by atoms with van der Waals surface area (Å²) in [5.74, 6) is -3.82. The van der Waals surface area contributed by atoms with E-state index in [0.717, 1.165) is 19.3 Å². The van der Waals surface area contributed by atoms with Crippen molar-refractivity contribution in [2.75, 3.05) is 0 Å². The largest absolute Gasteiger partial charge is 0.573 e. The molecule has 1 aliphatic rings. The van der Waals surface area contributed by atoms with E-state index in [1.807, 2.05) is 27.7 Å². The van der Waals surface area contributed by atoms with Crippen LogP contribution in [0.4, 0.5) is 26.3 Å². The molecule has 4 rings (SSSR count). The molecule has 1 saturated carbocycles. The van der Waals surface area contributed by atoms with Crippen LogP contribution < -0.4 is 15.1 Å². The Morgan fingerprint density at radius 3 is 2.25 bits per heavy atom. The van der Waals surface area contributed by atoms with E-state index in [1.54, 1.807) is 13.0 Å². The minimum Gasteiger partial charge on any atom is -0.489 e. The first-order chi connectivity index (χ1) is 22.4. The molecule has 3 aromatic rings. The van der Waals surface area contributed by atoms with E-state index in [0.29, 0.717) is 30.2 Å². The maximum absolute atomic E-state index is 14.3. The number of hydrogen-bond acceptors (Lipinski definition) is 6. The summed E-state index contributed by atoms with van der Waals surface area (Å²) in [7, 11) is 0. The quantitative estimate of drug-likeness (QED) is 0.0818. The van der Waals surface area contributed by atoms with Crippen molar-refractivity contribution >= 4 is 16.9 Å². The molecule has 4 unspecified atom stereocenters. The zero-order chi connectivity index (χ0) is 35.4. The van der Waals surface area contributed by atoms with Crippen molar-refractivity contribution in [3.05, 3.63) is 58.4 Å². The Bertz CT molecular complexity index is 1620. The fourth-order valence-corrected chi connectivity index (χ4v) is 6.25. The highest BCUT2D eigenvalue weighted by Crippen LogP contribution is 2.44. The van der Waals surface area contributed by atoms with E-state index in [9.17, 15) is 35.9 Å². The van der Waals surface area contributed by atoms with Crippen molar-refractivity contribution < 1.29 is 49.8 Å². The van der Waals surface area contributed by atoms with Gasteiger partial charge in [-0.1, -0.05) is 59.6 Å². The van der Waals surface area contributed by atoms with Gasteiger partial charge in [0.1, 0.15) is 35.2 Å². The molecule has 0 N–H and O–H groups in total. The van der Waals surface area contributed by atoms with Crippen LogP contribution in [-0.4, -0.2) is 30.7 Å². The van der Waals surface area contributed by atoms with Crippen LogP contribution in [0, 0.1) is 17.3 Å². The lowest BCUT2D eigenvalue weighted by atomic mass is 9.83. The van der Waals surface area contributed by atoms with Gasteiger partial charge in [-0.05, 0) is 73.8 Å². The fourth-order valence-electron chi connectivity index (χ4n) is 6.25. The molecule has 264 valence electrons. The molecule has 0 aliphatic heterocycles. The van der Waals surface area contributed by atoms with Gasteiger partial charge >= 0.3 is 24.1 Å². The topological polar surface area (TPSA) is 75.0 Å². The predicted octanol–water partition coefficient (Wildman–Crippen LogP) is 10.2. The molecule has 0 saturated heterocycles. The Balaban J connectivity index is 1.58. The van der Waals surface area contributed by atoms with Crippen molar-refractivity contribution in [2.24, 2.45) is 17.3 Å². The highest BCUT2D eigenvalue weighted by Gasteiger charge is 2.56. The second-order valence-corrected chi connectivity index (χ2v) is 13.6. The average Bonchev–Trinajstić information content (AvgIpc) is 3.37. The molecule has 0 radical (unpaired) electrons. The summed E-state index contributed by atoms with van der Waals surface area (Å²) >= 11 is 0. The number of halogens is 6. The molecule has 0 spiro atoms. The molecule has 6 nitrogen and oxygen atoms in total. The third-order valence-corrected chi connectivity index (χ3v) is 8.49. The summed E-state index contributed by atoms with van der Waals surface area (Å²) in [4.78, 5) is 25.9. The molecule has 4 atom stereocenters. The minimum absolute atomic E-state index is 0.0127. The van der Waals surface area contributed by atoms with Gasteiger partial charge in [-0.3, -0.25) is 4.79 Å². The number of aryl methyl sites for hydroxylation is 1. The van der Waals surface area contributed by atoms with Crippen LogP contribution in [0.25, 0.3) is 22.1 Å². The molecule has 1 aliphatic carbocycles. The van der Waals surface area contributed by atoms with Gasteiger partial charge in [0, 0.05) is 17.0 Å². The second kappa shape index (κ2) is 14.8. The lowest BCUT2D eigenvalue weighted by Gasteiger charge is -2.29. The number of unbranched alkanes of at least 4 members (excludes halogenated alkanes) is 2. The van der Waals surface area contributed by atoms with Gasteiger partial charge in [0.05, 0.1) is 11.5 Å². The molecule has 1 aromatic heterocycles. The predicted molar refractivity (Wildman–Crippen MR) is 169 cm³/mol. The van der Waals surface area contributed by atoms with Gasteiger partial charge in [-0.2, -0.15) is 13.2 Å². The molecule has 1 heterocycles. The minimum atomic E-state index is -5.00. The Labute approximate surface area is 275 Å². The number of rotatable bonds is 12. The lowest BCUT2D eigenvalue weighted by Crippen LogP contribution is -2.42. The maximum Gasteiger partial charge on any atom is 0.573 e. The normalized spacial score (nSPS) is 19.4. The number of benzene rings is 2. The smallest absolute Gasteiger partial charge is 0.489 e. The van der Waals surface area contributed by atoms with E-state index in [1.165, 1.54) is 36.4 Å². The van der Waals surface area contributed by atoms with E-state index in [2.05, 4.69) is 4.74 Å². The highest BCUT2D eigenvalue weighted by molar-refractivity contribution is 5.84. The third kappa shape index (κ3) is 9.69. The number of hydrogen-bond donors (Lipinski definition) is 0. The van der Waals surface area contributed by atoms with Crippen molar-refractivity contribution in [2.45, 2.75) is 111 Å². The fraction of sp³-hybridized carbons (Fsp3) is 0.556. The highest BCUT2D eigenvalue weighted by atomic mass is 19.4. The van der Waals surface area contributed by atoms with Crippen LogP contribution in [0.1, 0.15) is 85.1 Å². The number of esters is 1. The van der Waals surface area contributed by atoms with Crippen LogP contribution in [0.3, 0.4) is 0 Å². The SMILES string of the molecule is CCCCCc1ccc(-c2cc3ccc(OC4CCC(OC(=O)C(CC)CC(C)(C)C)C4C(F)(F)F)cc3oc2=O)c(OC(F)(F)F)c1. The van der Waals surface area contributed by atoms with Crippen LogP contribution in [0.5, 0.6) is 11.5 Å². The summed E-state index contributed by atoms with van der Waals surface area (Å²) < 4.78 is 104. The molecule has 0 bridgehead atoms. The summed E-state index contributed by atoms with van der Waals surface area (Å²) in [6.07, 6.45) is -8.53. The number of fused-ring (bicyclic) bond motifs is 1.